The highest BCUT2D eigenvalue weighted by molar-refractivity contribution is 5.80. The van der Waals surface area contributed by atoms with Crippen molar-refractivity contribution in [3.63, 3.8) is 0 Å². The highest BCUT2D eigenvalue weighted by Gasteiger charge is 2.05. The Morgan fingerprint density at radius 1 is 1.11 bits per heavy atom. The van der Waals surface area contributed by atoms with E-state index in [4.69, 9.17) is 5.26 Å². The van der Waals surface area contributed by atoms with Crippen LogP contribution < -0.4 is 0 Å². The summed E-state index contributed by atoms with van der Waals surface area (Å²) in [6.07, 6.45) is 2.08. The summed E-state index contributed by atoms with van der Waals surface area (Å²) in [6, 6.07) is 18.6. The first-order chi connectivity index (χ1) is 9.28. The van der Waals surface area contributed by atoms with Crippen LogP contribution in [0.4, 0.5) is 0 Å². The molecule has 0 aliphatic carbocycles. The Morgan fingerprint density at radius 2 is 1.95 bits per heavy atom. The van der Waals surface area contributed by atoms with E-state index in [-0.39, 0.29) is 0 Å². The van der Waals surface area contributed by atoms with Gasteiger partial charge in [-0.2, -0.15) is 5.26 Å². The van der Waals surface area contributed by atoms with E-state index in [0.29, 0.717) is 0 Å². The van der Waals surface area contributed by atoms with Crippen LogP contribution in [0, 0.1) is 18.3 Å². The first-order valence-corrected chi connectivity index (χ1v) is 6.31. The Morgan fingerprint density at radius 3 is 2.79 bits per heavy atom. The lowest BCUT2D eigenvalue weighted by molar-refractivity contribution is 0.834. The molecule has 0 unspecified atom stereocenters. The average molecular weight is 246 g/mol. The van der Waals surface area contributed by atoms with Gasteiger partial charge in [-0.3, -0.25) is 0 Å². The second-order valence-electron chi connectivity index (χ2n) is 4.77. The molecular formula is C17H14N2. The third kappa shape index (κ3) is 2.11. The molecule has 0 bridgehead atoms. The maximum absolute atomic E-state index is 9.14. The molecule has 1 heterocycles. The largest absolute Gasteiger partial charge is 0.343 e. The van der Waals surface area contributed by atoms with E-state index in [2.05, 4.69) is 48.0 Å². The lowest BCUT2D eigenvalue weighted by atomic mass is 10.1. The molecule has 1 aromatic heterocycles. The van der Waals surface area contributed by atoms with E-state index in [1.807, 2.05) is 24.3 Å². The van der Waals surface area contributed by atoms with Gasteiger partial charge in [0.15, 0.2) is 0 Å². The van der Waals surface area contributed by atoms with Gasteiger partial charge in [0.25, 0.3) is 0 Å². The lowest BCUT2D eigenvalue weighted by Gasteiger charge is -2.07. The number of aromatic nitrogens is 1. The van der Waals surface area contributed by atoms with Gasteiger partial charge in [-0.1, -0.05) is 29.8 Å². The molecule has 0 atom stereocenters. The first-order valence-electron chi connectivity index (χ1n) is 6.31. The van der Waals surface area contributed by atoms with E-state index in [0.717, 1.165) is 17.7 Å². The minimum Gasteiger partial charge on any atom is -0.343 e. The van der Waals surface area contributed by atoms with Crippen molar-refractivity contribution in [3.05, 3.63) is 71.4 Å². The average Bonchev–Trinajstić information content (AvgIpc) is 2.82. The van der Waals surface area contributed by atoms with Crippen LogP contribution in [0.1, 0.15) is 16.7 Å². The maximum atomic E-state index is 9.14. The van der Waals surface area contributed by atoms with Gasteiger partial charge >= 0.3 is 0 Å². The van der Waals surface area contributed by atoms with Gasteiger partial charge in [0, 0.05) is 18.3 Å². The van der Waals surface area contributed by atoms with Gasteiger partial charge in [0.1, 0.15) is 0 Å². The molecular weight excluding hydrogens is 232 g/mol. The highest BCUT2D eigenvalue weighted by atomic mass is 14.9. The first kappa shape index (κ1) is 11.6. The van der Waals surface area contributed by atoms with Gasteiger partial charge < -0.3 is 4.57 Å². The monoisotopic (exact) mass is 246 g/mol. The second-order valence-corrected chi connectivity index (χ2v) is 4.77. The molecule has 0 amide bonds. The quantitative estimate of drug-likeness (QED) is 0.674. The van der Waals surface area contributed by atoms with E-state index in [9.17, 15) is 0 Å². The Balaban J connectivity index is 2.04. The molecule has 0 fully saturated rings. The van der Waals surface area contributed by atoms with Gasteiger partial charge in [-0.15, -0.1) is 0 Å². The molecule has 2 nitrogen and oxygen atoms in total. The molecule has 0 radical (unpaired) electrons. The molecule has 19 heavy (non-hydrogen) atoms. The van der Waals surface area contributed by atoms with Crippen molar-refractivity contribution in [2.45, 2.75) is 13.5 Å². The summed E-state index contributed by atoms with van der Waals surface area (Å²) in [7, 11) is 0. The minimum absolute atomic E-state index is 0.732. The molecule has 2 heteroatoms. The predicted octanol–water partition coefficient (Wildman–Crippen LogP) is 3.87. The van der Waals surface area contributed by atoms with Gasteiger partial charge in [-0.05, 0) is 42.1 Å². The number of rotatable bonds is 2. The summed E-state index contributed by atoms with van der Waals surface area (Å²) < 4.78 is 2.19. The minimum atomic E-state index is 0.732. The molecule has 2 aromatic carbocycles. The summed E-state index contributed by atoms with van der Waals surface area (Å²) in [5, 5.41) is 10.4. The standard InChI is InChI=1S/C17H14N2/c1-13-6-7-17-14(10-13)8-9-19(17)12-16-5-3-2-4-15(16)11-18/h2-10H,12H2,1H3. The van der Waals surface area contributed by atoms with Crippen molar-refractivity contribution >= 4 is 10.9 Å². The fourth-order valence-electron chi connectivity index (χ4n) is 2.41. The lowest BCUT2D eigenvalue weighted by Crippen LogP contribution is -2.00. The Kier molecular flexibility index (Phi) is 2.81. The summed E-state index contributed by atoms with van der Waals surface area (Å²) in [5.74, 6) is 0. The zero-order chi connectivity index (χ0) is 13.2. The smallest absolute Gasteiger partial charge is 0.0995 e. The van der Waals surface area contributed by atoms with E-state index in [1.54, 1.807) is 0 Å². The molecule has 3 rings (SSSR count). The topological polar surface area (TPSA) is 28.7 Å². The summed E-state index contributed by atoms with van der Waals surface area (Å²) in [6.45, 7) is 2.83. The second kappa shape index (κ2) is 4.62. The third-order valence-corrected chi connectivity index (χ3v) is 3.41. The number of benzene rings is 2. The van der Waals surface area contributed by atoms with Gasteiger partial charge in [0.2, 0.25) is 0 Å². The van der Waals surface area contributed by atoms with Crippen LogP contribution in [0.3, 0.4) is 0 Å². The Hall–Kier alpha value is -2.53. The van der Waals surface area contributed by atoms with E-state index >= 15 is 0 Å². The fourth-order valence-corrected chi connectivity index (χ4v) is 2.41. The molecule has 3 aromatic rings. The molecule has 0 saturated carbocycles. The van der Waals surface area contributed by atoms with Crippen molar-refractivity contribution in [2.24, 2.45) is 0 Å². The third-order valence-electron chi connectivity index (χ3n) is 3.41. The molecule has 92 valence electrons. The summed E-state index contributed by atoms with van der Waals surface area (Å²) in [5.41, 5.74) is 4.28. The number of nitrogens with zero attached hydrogens (tertiary/aromatic N) is 2. The van der Waals surface area contributed by atoms with Crippen LogP contribution in [-0.2, 0) is 6.54 Å². The van der Waals surface area contributed by atoms with Crippen molar-refractivity contribution in [1.29, 1.82) is 5.26 Å². The maximum Gasteiger partial charge on any atom is 0.0995 e. The van der Waals surface area contributed by atoms with Crippen LogP contribution in [0.5, 0.6) is 0 Å². The van der Waals surface area contributed by atoms with Crippen LogP contribution in [0.2, 0.25) is 0 Å². The number of fused-ring (bicyclic) bond motifs is 1. The highest BCUT2D eigenvalue weighted by Crippen LogP contribution is 2.19. The van der Waals surface area contributed by atoms with E-state index < -0.39 is 0 Å². The summed E-state index contributed by atoms with van der Waals surface area (Å²) >= 11 is 0. The van der Waals surface area contributed by atoms with Gasteiger partial charge in [-0.25, -0.2) is 0 Å². The van der Waals surface area contributed by atoms with Crippen LogP contribution >= 0.6 is 0 Å². The number of nitriles is 1. The summed E-state index contributed by atoms with van der Waals surface area (Å²) in [4.78, 5) is 0. The Labute approximate surface area is 112 Å². The molecule has 0 aliphatic rings. The van der Waals surface area contributed by atoms with Gasteiger partial charge in [0.05, 0.1) is 11.6 Å². The van der Waals surface area contributed by atoms with Crippen LogP contribution in [0.15, 0.2) is 54.7 Å². The van der Waals surface area contributed by atoms with Crippen LogP contribution in [-0.4, -0.2) is 4.57 Å². The van der Waals surface area contributed by atoms with Crippen molar-refractivity contribution in [1.82, 2.24) is 4.57 Å². The fraction of sp³-hybridized carbons (Fsp3) is 0.118. The van der Waals surface area contributed by atoms with E-state index in [1.165, 1.54) is 16.5 Å². The molecule has 0 aliphatic heterocycles. The number of aryl methyl sites for hydroxylation is 1. The molecule has 0 saturated heterocycles. The van der Waals surface area contributed by atoms with Crippen LogP contribution in [0.25, 0.3) is 10.9 Å². The molecule has 0 spiro atoms. The number of hydrogen-bond acceptors (Lipinski definition) is 1. The number of hydrogen-bond donors (Lipinski definition) is 0. The van der Waals surface area contributed by atoms with Crippen molar-refractivity contribution in [3.8, 4) is 6.07 Å². The predicted molar refractivity (Wildman–Crippen MR) is 76.9 cm³/mol. The Bertz CT molecular complexity index is 775. The normalized spacial score (nSPS) is 10.5. The zero-order valence-electron chi connectivity index (χ0n) is 10.8. The molecule has 0 N–H and O–H groups in total. The zero-order valence-corrected chi connectivity index (χ0v) is 10.8. The van der Waals surface area contributed by atoms with Crippen molar-refractivity contribution < 1.29 is 0 Å². The SMILES string of the molecule is Cc1ccc2c(ccn2Cc2ccccc2C#N)c1. The van der Waals surface area contributed by atoms with Crippen molar-refractivity contribution in [2.75, 3.05) is 0 Å².